The summed E-state index contributed by atoms with van der Waals surface area (Å²) in [7, 11) is 0. The topological polar surface area (TPSA) is 34.9 Å². The van der Waals surface area contributed by atoms with Crippen LogP contribution in [0.3, 0.4) is 0 Å². The molecule has 0 saturated heterocycles. The summed E-state index contributed by atoms with van der Waals surface area (Å²) in [4.78, 5) is 10.8. The molecule has 0 spiro atoms. The number of nitrogens with zero attached hydrogens (tertiary/aromatic N) is 2. The minimum atomic E-state index is 0.0149. The van der Waals surface area contributed by atoms with E-state index in [2.05, 4.69) is 5.10 Å². The van der Waals surface area contributed by atoms with Crippen molar-refractivity contribution in [3.05, 3.63) is 44.1 Å². The van der Waals surface area contributed by atoms with Crippen LogP contribution in [-0.2, 0) is 0 Å². The first-order valence-corrected chi connectivity index (χ1v) is 5.90. The number of aromatic nitrogens is 2. The predicted octanol–water partition coefficient (Wildman–Crippen LogP) is 4.30. The van der Waals surface area contributed by atoms with Gasteiger partial charge in [-0.25, -0.2) is 4.68 Å². The molecule has 0 aliphatic rings. The van der Waals surface area contributed by atoms with Gasteiger partial charge in [0.25, 0.3) is 0 Å². The molecule has 0 saturated carbocycles. The second kappa shape index (κ2) is 4.86. The molecule has 3 nitrogen and oxygen atoms in total. The summed E-state index contributed by atoms with van der Waals surface area (Å²) in [6.07, 6.45) is 0.534. The molecule has 7 heteroatoms. The lowest BCUT2D eigenvalue weighted by molar-refractivity contribution is 0.112. The number of aldehydes is 1. The lowest BCUT2D eigenvalue weighted by Gasteiger charge is -2.05. The number of halogens is 4. The van der Waals surface area contributed by atoms with Crippen LogP contribution >= 0.6 is 46.4 Å². The molecule has 0 aliphatic carbocycles. The number of carbonyl (C=O) groups excluding carboxylic acids is 1. The molecule has 0 fully saturated rings. The molecule has 1 aromatic heterocycles. The number of hydrogen-bond donors (Lipinski definition) is 0. The average Bonchev–Trinajstić information content (AvgIpc) is 2.57. The quantitative estimate of drug-likeness (QED) is 0.775. The van der Waals surface area contributed by atoms with Crippen molar-refractivity contribution in [2.75, 3.05) is 0 Å². The van der Waals surface area contributed by atoms with E-state index in [1.54, 1.807) is 18.2 Å². The zero-order valence-electron chi connectivity index (χ0n) is 8.12. The van der Waals surface area contributed by atoms with E-state index in [9.17, 15) is 4.79 Å². The largest absolute Gasteiger partial charge is 0.298 e. The molecule has 0 N–H and O–H groups in total. The summed E-state index contributed by atoms with van der Waals surface area (Å²) in [6.45, 7) is 0. The molecule has 17 heavy (non-hydrogen) atoms. The summed E-state index contributed by atoms with van der Waals surface area (Å²) >= 11 is 23.6. The van der Waals surface area contributed by atoms with Gasteiger partial charge < -0.3 is 0 Å². The zero-order chi connectivity index (χ0) is 12.6. The van der Waals surface area contributed by atoms with Gasteiger partial charge in [-0.15, -0.1) is 0 Å². The van der Waals surface area contributed by atoms with E-state index >= 15 is 0 Å². The van der Waals surface area contributed by atoms with Gasteiger partial charge in [-0.05, 0) is 18.2 Å². The smallest absolute Gasteiger partial charge is 0.163 e. The van der Waals surface area contributed by atoms with E-state index in [1.807, 2.05) is 0 Å². The summed E-state index contributed by atoms with van der Waals surface area (Å²) in [5, 5.41) is 4.90. The molecule has 1 heterocycles. The predicted molar refractivity (Wildman–Crippen MR) is 69.0 cm³/mol. The minimum absolute atomic E-state index is 0.0149. The highest BCUT2D eigenvalue weighted by Gasteiger charge is 2.17. The van der Waals surface area contributed by atoms with E-state index in [0.717, 1.165) is 0 Å². The van der Waals surface area contributed by atoms with Crippen LogP contribution in [0.5, 0.6) is 0 Å². The molecule has 0 atom stereocenters. The van der Waals surface area contributed by atoms with E-state index < -0.39 is 0 Å². The van der Waals surface area contributed by atoms with Crippen molar-refractivity contribution < 1.29 is 4.79 Å². The maximum absolute atomic E-state index is 10.8. The Hall–Kier alpha value is -0.740. The molecule has 2 rings (SSSR count). The van der Waals surface area contributed by atoms with Crippen molar-refractivity contribution in [3.63, 3.8) is 0 Å². The van der Waals surface area contributed by atoms with Crippen LogP contribution in [0.2, 0.25) is 20.4 Å². The Bertz CT molecular complexity index is 594. The van der Waals surface area contributed by atoms with E-state index in [4.69, 9.17) is 46.4 Å². The van der Waals surface area contributed by atoms with Gasteiger partial charge in [0.15, 0.2) is 11.4 Å². The van der Waals surface area contributed by atoms with Crippen molar-refractivity contribution in [1.29, 1.82) is 0 Å². The van der Waals surface area contributed by atoms with Gasteiger partial charge in [0, 0.05) is 5.02 Å². The first kappa shape index (κ1) is 12.7. The summed E-state index contributed by atoms with van der Waals surface area (Å²) in [6, 6.07) is 4.81. The Labute approximate surface area is 117 Å². The summed E-state index contributed by atoms with van der Waals surface area (Å²) < 4.78 is 1.27. The number of benzene rings is 1. The van der Waals surface area contributed by atoms with Crippen LogP contribution in [-0.4, -0.2) is 16.1 Å². The highest BCUT2D eigenvalue weighted by atomic mass is 35.5. The molecule has 1 aromatic carbocycles. The Balaban J connectivity index is 2.68. The first-order chi connectivity index (χ1) is 8.04. The average molecular weight is 310 g/mol. The maximum atomic E-state index is 10.8. The van der Waals surface area contributed by atoms with Crippen LogP contribution in [0, 0.1) is 0 Å². The van der Waals surface area contributed by atoms with Crippen LogP contribution in [0.4, 0.5) is 0 Å². The number of rotatable bonds is 2. The van der Waals surface area contributed by atoms with Crippen LogP contribution in [0.15, 0.2) is 18.2 Å². The molecular formula is C10H4Cl4N2O. The minimum Gasteiger partial charge on any atom is -0.298 e. The van der Waals surface area contributed by atoms with Crippen molar-refractivity contribution >= 4 is 52.7 Å². The fourth-order valence-corrected chi connectivity index (χ4v) is 2.17. The van der Waals surface area contributed by atoms with Gasteiger partial charge in [0.1, 0.15) is 5.15 Å². The highest BCUT2D eigenvalue weighted by molar-refractivity contribution is 6.38. The fraction of sp³-hybridized carbons (Fsp3) is 0. The van der Waals surface area contributed by atoms with Crippen LogP contribution < -0.4 is 0 Å². The lowest BCUT2D eigenvalue weighted by atomic mass is 10.3. The second-order valence-electron chi connectivity index (χ2n) is 3.12. The standard InChI is InChI=1S/C10H4Cl4N2O/c11-5-1-2-7(12)8(3-5)16-10(14)6(4-17)9(13)15-16/h1-4H. The van der Waals surface area contributed by atoms with Crippen molar-refractivity contribution in [1.82, 2.24) is 9.78 Å². The molecule has 0 bridgehead atoms. The van der Waals surface area contributed by atoms with Crippen LogP contribution in [0.1, 0.15) is 10.4 Å². The fourth-order valence-electron chi connectivity index (χ4n) is 1.29. The molecule has 0 amide bonds. The summed E-state index contributed by atoms with van der Waals surface area (Å²) in [5.41, 5.74) is 0.573. The van der Waals surface area contributed by atoms with E-state index in [-0.39, 0.29) is 15.9 Å². The molecular weight excluding hydrogens is 306 g/mol. The van der Waals surface area contributed by atoms with Crippen molar-refractivity contribution in [3.8, 4) is 5.69 Å². The van der Waals surface area contributed by atoms with Crippen molar-refractivity contribution in [2.24, 2.45) is 0 Å². The second-order valence-corrected chi connectivity index (χ2v) is 4.68. The Morgan fingerprint density at radius 3 is 2.47 bits per heavy atom. The summed E-state index contributed by atoms with van der Waals surface area (Å²) in [5.74, 6) is 0. The van der Waals surface area contributed by atoms with Gasteiger partial charge in [-0.1, -0.05) is 46.4 Å². The zero-order valence-corrected chi connectivity index (χ0v) is 11.1. The highest BCUT2D eigenvalue weighted by Crippen LogP contribution is 2.30. The molecule has 0 unspecified atom stereocenters. The first-order valence-electron chi connectivity index (χ1n) is 4.39. The molecule has 0 aliphatic heterocycles. The van der Waals surface area contributed by atoms with Crippen LogP contribution in [0.25, 0.3) is 5.69 Å². The van der Waals surface area contributed by atoms with Gasteiger partial charge in [0.2, 0.25) is 0 Å². The molecule has 2 aromatic rings. The normalized spacial score (nSPS) is 10.6. The third-order valence-electron chi connectivity index (χ3n) is 2.07. The molecule has 88 valence electrons. The van der Waals surface area contributed by atoms with Gasteiger partial charge >= 0.3 is 0 Å². The van der Waals surface area contributed by atoms with E-state index in [0.29, 0.717) is 22.0 Å². The van der Waals surface area contributed by atoms with Gasteiger partial charge in [-0.3, -0.25) is 4.79 Å². The lowest BCUT2D eigenvalue weighted by Crippen LogP contribution is -1.97. The Morgan fingerprint density at radius 1 is 1.18 bits per heavy atom. The monoisotopic (exact) mass is 308 g/mol. The maximum Gasteiger partial charge on any atom is 0.163 e. The Kier molecular flexibility index (Phi) is 3.64. The van der Waals surface area contributed by atoms with E-state index in [1.165, 1.54) is 4.68 Å². The Morgan fingerprint density at radius 2 is 1.88 bits per heavy atom. The number of hydrogen-bond acceptors (Lipinski definition) is 2. The third kappa shape index (κ3) is 2.29. The SMILES string of the molecule is O=Cc1c(Cl)nn(-c2cc(Cl)ccc2Cl)c1Cl. The van der Waals surface area contributed by atoms with Crippen molar-refractivity contribution in [2.45, 2.75) is 0 Å². The van der Waals surface area contributed by atoms with Gasteiger partial charge in [0.05, 0.1) is 16.3 Å². The van der Waals surface area contributed by atoms with Gasteiger partial charge in [-0.2, -0.15) is 5.10 Å². The number of carbonyl (C=O) groups is 1. The molecule has 0 radical (unpaired) electrons. The third-order valence-corrected chi connectivity index (χ3v) is 3.27.